The lowest BCUT2D eigenvalue weighted by molar-refractivity contribution is -0.160. The van der Waals surface area contributed by atoms with Crippen LogP contribution in [0, 0.1) is 11.6 Å². The zero-order valence-electron chi connectivity index (χ0n) is 15.4. The van der Waals surface area contributed by atoms with Gasteiger partial charge >= 0.3 is 0 Å². The van der Waals surface area contributed by atoms with Crippen LogP contribution in [0.1, 0.15) is 0 Å². The number of fused-ring (bicyclic) bond motifs is 1. The smallest absolute Gasteiger partial charge is 0.299 e. The fourth-order valence-corrected chi connectivity index (χ4v) is 3.06. The molecular weight excluding hydrogens is 416 g/mol. The molecule has 0 aliphatic heterocycles. The van der Waals surface area contributed by atoms with Gasteiger partial charge in [0.05, 0.1) is 12.8 Å². The van der Waals surface area contributed by atoms with Gasteiger partial charge in [-0.15, -0.1) is 0 Å². The number of hydrogen-bond donors (Lipinski definition) is 0. The Hall–Kier alpha value is -3.34. The van der Waals surface area contributed by atoms with Gasteiger partial charge in [-0.25, -0.2) is 23.6 Å². The van der Waals surface area contributed by atoms with Crippen LogP contribution in [0.5, 0.6) is 11.5 Å². The topological polar surface area (TPSA) is 75.5 Å². The van der Waals surface area contributed by atoms with Crippen molar-refractivity contribution in [2.75, 3.05) is 7.11 Å². The van der Waals surface area contributed by atoms with E-state index in [2.05, 4.69) is 14.9 Å². The number of benzene rings is 2. The maximum Gasteiger partial charge on any atom is 0.299 e. The van der Waals surface area contributed by atoms with Gasteiger partial charge < -0.3 is 4.74 Å². The minimum atomic E-state index is -0.620. The highest BCUT2D eigenvalue weighted by atomic mass is 32.2. The molecule has 0 unspecified atom stereocenters. The molecule has 0 bridgehead atoms. The summed E-state index contributed by atoms with van der Waals surface area (Å²) in [4.78, 5) is 26.2. The molecule has 2 aromatic heterocycles. The van der Waals surface area contributed by atoms with Crippen LogP contribution in [0.2, 0.25) is 0 Å². The molecular formula is C20H13F2N3O4S. The molecule has 0 fully saturated rings. The summed E-state index contributed by atoms with van der Waals surface area (Å²) in [7, 11) is 1.33. The molecule has 0 spiro atoms. The molecule has 0 saturated carbocycles. The molecule has 152 valence electrons. The predicted molar refractivity (Wildman–Crippen MR) is 106 cm³/mol. The van der Waals surface area contributed by atoms with E-state index in [0.717, 1.165) is 12.0 Å². The van der Waals surface area contributed by atoms with Gasteiger partial charge in [0.2, 0.25) is 5.16 Å². The standard InChI is InChI=1S/C20H13F2N3O4S/c1-27-29-30-20-23-11-12-10-17(28-16-5-3-2-4-15(16)22)19(26)25(18(12)24-20)14-8-6-13(21)7-9-14/h2-11H,1H3. The number of pyridine rings is 1. The highest BCUT2D eigenvalue weighted by Gasteiger charge is 2.17. The van der Waals surface area contributed by atoms with Crippen molar-refractivity contribution in [1.82, 2.24) is 14.5 Å². The summed E-state index contributed by atoms with van der Waals surface area (Å²) >= 11 is 0.756. The zero-order chi connectivity index (χ0) is 21.1. The van der Waals surface area contributed by atoms with Crippen LogP contribution in [0.15, 0.2) is 70.7 Å². The van der Waals surface area contributed by atoms with Crippen molar-refractivity contribution in [3.05, 3.63) is 82.8 Å². The Morgan fingerprint density at radius 1 is 1.03 bits per heavy atom. The highest BCUT2D eigenvalue weighted by molar-refractivity contribution is 7.94. The number of ether oxygens (including phenoxy) is 1. The molecule has 0 atom stereocenters. The average molecular weight is 429 g/mol. The van der Waals surface area contributed by atoms with Gasteiger partial charge in [-0.05, 0) is 42.5 Å². The SMILES string of the molecule is COOSc1ncc2cc(Oc3ccccc3F)c(=O)n(-c3ccc(F)cc3)c2n1. The third-order valence-corrected chi connectivity index (χ3v) is 4.55. The molecule has 7 nitrogen and oxygen atoms in total. The predicted octanol–water partition coefficient (Wildman–Crippen LogP) is 4.44. The van der Waals surface area contributed by atoms with Crippen LogP contribution >= 0.6 is 12.0 Å². The lowest BCUT2D eigenvalue weighted by Crippen LogP contribution is -2.21. The molecule has 0 amide bonds. The third-order valence-electron chi connectivity index (χ3n) is 4.00. The van der Waals surface area contributed by atoms with E-state index in [9.17, 15) is 13.6 Å². The Kier molecular flexibility index (Phi) is 5.70. The van der Waals surface area contributed by atoms with Crippen molar-refractivity contribution >= 4 is 23.1 Å². The van der Waals surface area contributed by atoms with Gasteiger partial charge in [-0.1, -0.05) is 12.1 Å². The van der Waals surface area contributed by atoms with Gasteiger partial charge in [-0.2, -0.15) is 4.33 Å². The Labute approximate surface area is 173 Å². The minimum Gasteiger partial charge on any atom is -0.448 e. The first kappa shape index (κ1) is 20.0. The van der Waals surface area contributed by atoms with E-state index >= 15 is 0 Å². The molecule has 0 aliphatic carbocycles. The molecule has 30 heavy (non-hydrogen) atoms. The van der Waals surface area contributed by atoms with Crippen molar-refractivity contribution in [3.63, 3.8) is 0 Å². The first-order chi connectivity index (χ1) is 14.6. The second-order valence-corrected chi connectivity index (χ2v) is 6.58. The minimum absolute atomic E-state index is 0.110. The Bertz CT molecular complexity index is 1270. The molecule has 0 N–H and O–H groups in total. The zero-order valence-corrected chi connectivity index (χ0v) is 16.2. The number of halogens is 2. The monoisotopic (exact) mass is 429 g/mol. The van der Waals surface area contributed by atoms with Gasteiger partial charge in [0, 0.05) is 11.6 Å². The molecule has 4 aromatic rings. The molecule has 10 heteroatoms. The summed E-state index contributed by atoms with van der Waals surface area (Å²) in [5.41, 5.74) is -0.0444. The van der Waals surface area contributed by atoms with E-state index in [-0.39, 0.29) is 22.3 Å². The first-order valence-electron chi connectivity index (χ1n) is 8.55. The van der Waals surface area contributed by atoms with Crippen LogP contribution in [-0.2, 0) is 9.22 Å². The van der Waals surface area contributed by atoms with Crippen molar-refractivity contribution < 1.29 is 22.7 Å². The third kappa shape index (κ3) is 4.01. The fraction of sp³-hybridized carbons (Fsp3) is 0.0500. The Morgan fingerprint density at radius 2 is 1.80 bits per heavy atom. The lowest BCUT2D eigenvalue weighted by atomic mass is 10.2. The summed E-state index contributed by atoms with van der Waals surface area (Å²) < 4.78 is 39.0. The van der Waals surface area contributed by atoms with Crippen LogP contribution in [0.25, 0.3) is 16.7 Å². The second-order valence-electron chi connectivity index (χ2n) is 5.91. The van der Waals surface area contributed by atoms with E-state index < -0.39 is 17.2 Å². The van der Waals surface area contributed by atoms with E-state index in [1.54, 1.807) is 6.07 Å². The number of nitrogens with zero attached hydrogens (tertiary/aromatic N) is 3. The largest absolute Gasteiger partial charge is 0.448 e. The summed E-state index contributed by atoms with van der Waals surface area (Å²) in [6.07, 6.45) is 1.46. The van der Waals surface area contributed by atoms with Gasteiger partial charge in [0.1, 0.15) is 17.9 Å². The van der Waals surface area contributed by atoms with E-state index in [0.29, 0.717) is 11.1 Å². The summed E-state index contributed by atoms with van der Waals surface area (Å²) in [5.74, 6) is -1.34. The Morgan fingerprint density at radius 3 is 2.53 bits per heavy atom. The van der Waals surface area contributed by atoms with Gasteiger partial charge in [0.15, 0.2) is 23.0 Å². The maximum atomic E-state index is 14.0. The number of para-hydroxylation sites is 1. The fourth-order valence-electron chi connectivity index (χ4n) is 2.71. The summed E-state index contributed by atoms with van der Waals surface area (Å²) in [6.45, 7) is 0. The lowest BCUT2D eigenvalue weighted by Gasteiger charge is -2.13. The Balaban J connectivity index is 1.92. The van der Waals surface area contributed by atoms with E-state index in [4.69, 9.17) is 9.07 Å². The summed E-state index contributed by atoms with van der Waals surface area (Å²) in [6, 6.07) is 12.4. The van der Waals surface area contributed by atoms with Gasteiger partial charge in [0.25, 0.3) is 5.56 Å². The van der Waals surface area contributed by atoms with Crippen molar-refractivity contribution in [3.8, 4) is 17.2 Å². The molecule has 4 rings (SSSR count). The summed E-state index contributed by atoms with van der Waals surface area (Å²) in [5, 5.41) is 0.620. The van der Waals surface area contributed by atoms with Crippen LogP contribution < -0.4 is 10.3 Å². The van der Waals surface area contributed by atoms with Gasteiger partial charge in [-0.3, -0.25) is 9.36 Å². The molecule has 0 radical (unpaired) electrons. The average Bonchev–Trinajstić information content (AvgIpc) is 2.75. The van der Waals surface area contributed by atoms with Crippen molar-refractivity contribution in [2.45, 2.75) is 5.16 Å². The second kappa shape index (κ2) is 8.57. The van der Waals surface area contributed by atoms with Crippen molar-refractivity contribution in [2.24, 2.45) is 0 Å². The van der Waals surface area contributed by atoms with E-state index in [1.807, 2.05) is 0 Å². The van der Waals surface area contributed by atoms with Crippen LogP contribution in [0.3, 0.4) is 0 Å². The molecule has 2 aromatic carbocycles. The van der Waals surface area contributed by atoms with E-state index in [1.165, 1.54) is 66.4 Å². The normalized spacial score (nSPS) is 11.0. The molecule has 0 aliphatic rings. The number of hydrogen-bond acceptors (Lipinski definition) is 7. The van der Waals surface area contributed by atoms with Crippen LogP contribution in [0.4, 0.5) is 8.78 Å². The molecule has 2 heterocycles. The van der Waals surface area contributed by atoms with Crippen molar-refractivity contribution in [1.29, 1.82) is 0 Å². The highest BCUT2D eigenvalue weighted by Crippen LogP contribution is 2.26. The maximum absolute atomic E-state index is 14.0. The number of rotatable bonds is 6. The quantitative estimate of drug-likeness (QED) is 0.194. The number of aromatic nitrogens is 3. The van der Waals surface area contributed by atoms with Crippen LogP contribution in [-0.4, -0.2) is 21.6 Å². The first-order valence-corrected chi connectivity index (χ1v) is 9.29. The molecule has 0 saturated heterocycles.